The molecule has 0 atom stereocenters. The summed E-state index contributed by atoms with van der Waals surface area (Å²) in [5.74, 6) is 1.36. The molecule has 1 N–H and O–H groups in total. The number of carbonyl (C=O) groups is 1. The summed E-state index contributed by atoms with van der Waals surface area (Å²) in [6.07, 6.45) is 0.577. The van der Waals surface area contributed by atoms with Gasteiger partial charge in [-0.05, 0) is 60.2 Å². The molecular formula is C26H28ClN3O5. The lowest BCUT2D eigenvalue weighted by molar-refractivity contribution is 0.0856. The van der Waals surface area contributed by atoms with E-state index in [0.717, 1.165) is 48.9 Å². The molecule has 3 aromatic rings. The van der Waals surface area contributed by atoms with E-state index < -0.39 is 6.09 Å². The van der Waals surface area contributed by atoms with Gasteiger partial charge in [-0.3, -0.25) is 4.79 Å². The van der Waals surface area contributed by atoms with Gasteiger partial charge in [-0.1, -0.05) is 17.7 Å². The average Bonchev–Trinajstić information content (AvgIpc) is 2.87. The van der Waals surface area contributed by atoms with E-state index in [-0.39, 0.29) is 11.6 Å². The van der Waals surface area contributed by atoms with E-state index in [2.05, 4.69) is 4.90 Å². The highest BCUT2D eigenvalue weighted by molar-refractivity contribution is 6.31. The highest BCUT2D eigenvalue weighted by atomic mass is 35.5. The lowest BCUT2D eigenvalue weighted by Crippen LogP contribution is -2.47. The van der Waals surface area contributed by atoms with Crippen LogP contribution in [0.15, 0.2) is 53.3 Å². The molecule has 1 amide bonds. The lowest BCUT2D eigenvalue weighted by Gasteiger charge is -2.37. The Morgan fingerprint density at radius 1 is 1.00 bits per heavy atom. The van der Waals surface area contributed by atoms with E-state index >= 15 is 0 Å². The van der Waals surface area contributed by atoms with Crippen LogP contribution in [0, 0.1) is 0 Å². The molecule has 5 rings (SSSR count). The number of ether oxygens (including phenoxy) is 2. The summed E-state index contributed by atoms with van der Waals surface area (Å²) >= 11 is 6.10. The molecule has 2 aliphatic rings. The first kappa shape index (κ1) is 23.5. The topological polar surface area (TPSA) is 84.2 Å². The zero-order chi connectivity index (χ0) is 24.4. The Morgan fingerprint density at radius 2 is 1.77 bits per heavy atom. The number of fused-ring (bicyclic) bond motifs is 2. The molecule has 1 saturated heterocycles. The predicted molar refractivity (Wildman–Crippen MR) is 134 cm³/mol. The van der Waals surface area contributed by atoms with Crippen molar-refractivity contribution < 1.29 is 19.4 Å². The predicted octanol–water partition coefficient (Wildman–Crippen LogP) is 4.07. The van der Waals surface area contributed by atoms with Crippen LogP contribution < -0.4 is 15.0 Å². The molecule has 0 saturated carbocycles. The summed E-state index contributed by atoms with van der Waals surface area (Å²) in [6.45, 7) is 4.18. The minimum atomic E-state index is -0.917. The highest BCUT2D eigenvalue weighted by Crippen LogP contribution is 2.31. The van der Waals surface area contributed by atoms with Gasteiger partial charge in [0.1, 0.15) is 13.2 Å². The van der Waals surface area contributed by atoms with E-state index in [1.807, 2.05) is 30.3 Å². The minimum absolute atomic E-state index is 0.0359. The Bertz CT molecular complexity index is 1290. The van der Waals surface area contributed by atoms with Gasteiger partial charge in [-0.15, -0.1) is 0 Å². The summed E-state index contributed by atoms with van der Waals surface area (Å²) in [6, 6.07) is 14.5. The fraction of sp³-hybridized carbons (Fsp3) is 0.385. The van der Waals surface area contributed by atoms with Gasteiger partial charge in [0.25, 0.3) is 5.56 Å². The lowest BCUT2D eigenvalue weighted by atomic mass is 10.0. The number of amides is 1. The molecule has 0 unspecified atom stereocenters. The van der Waals surface area contributed by atoms with Gasteiger partial charge >= 0.3 is 6.09 Å². The average molecular weight is 498 g/mol. The number of likely N-dealkylation sites (tertiary alicyclic amines) is 1. The number of hydrogen-bond acceptors (Lipinski definition) is 5. The molecule has 9 heteroatoms. The maximum absolute atomic E-state index is 12.5. The van der Waals surface area contributed by atoms with Crippen molar-refractivity contribution in [2.45, 2.75) is 32.0 Å². The van der Waals surface area contributed by atoms with Crippen molar-refractivity contribution >= 4 is 28.6 Å². The summed E-state index contributed by atoms with van der Waals surface area (Å²) in [5, 5.41) is 11.5. The monoisotopic (exact) mass is 497 g/mol. The van der Waals surface area contributed by atoms with Crippen molar-refractivity contribution in [3.05, 3.63) is 69.5 Å². The van der Waals surface area contributed by atoms with Gasteiger partial charge in [0, 0.05) is 49.9 Å². The molecule has 3 heterocycles. The van der Waals surface area contributed by atoms with Gasteiger partial charge < -0.3 is 28.9 Å². The Hall–Kier alpha value is -3.23. The standard InChI is InChI=1S/C26H28ClN3O5/c27-20-3-4-22-19(16-20)2-6-25(31)29(22)12-11-28-9-7-21(8-10-28)30(26(32)33)17-18-1-5-23-24(15-18)35-14-13-34-23/h1-6,15-16,21H,7-14,17H2,(H,32,33). The number of hydrogen-bond donors (Lipinski definition) is 1. The van der Waals surface area contributed by atoms with Gasteiger partial charge in [-0.25, -0.2) is 4.79 Å². The third-order valence-electron chi connectivity index (χ3n) is 6.79. The van der Waals surface area contributed by atoms with Crippen LogP contribution in [-0.2, 0) is 13.1 Å². The van der Waals surface area contributed by atoms with Crippen molar-refractivity contribution in [3.63, 3.8) is 0 Å². The van der Waals surface area contributed by atoms with Crippen LogP contribution in [0.2, 0.25) is 5.02 Å². The summed E-state index contributed by atoms with van der Waals surface area (Å²) in [4.78, 5) is 28.4. The fourth-order valence-corrected chi connectivity index (χ4v) is 5.12. The van der Waals surface area contributed by atoms with Gasteiger partial charge in [0.2, 0.25) is 0 Å². The molecule has 8 nitrogen and oxygen atoms in total. The van der Waals surface area contributed by atoms with Crippen molar-refractivity contribution in [3.8, 4) is 11.5 Å². The van der Waals surface area contributed by atoms with Crippen LogP contribution >= 0.6 is 11.6 Å². The Balaban J connectivity index is 1.20. The van der Waals surface area contributed by atoms with Crippen molar-refractivity contribution in [1.82, 2.24) is 14.4 Å². The SMILES string of the molecule is O=C(O)N(Cc1ccc2c(c1)OCCO2)C1CCN(CCn2c(=O)ccc3cc(Cl)ccc32)CC1. The molecule has 2 aliphatic heterocycles. The normalized spacial score (nSPS) is 16.4. The highest BCUT2D eigenvalue weighted by Gasteiger charge is 2.28. The van der Waals surface area contributed by atoms with Crippen LogP contribution in [0.5, 0.6) is 11.5 Å². The smallest absolute Gasteiger partial charge is 0.407 e. The van der Waals surface area contributed by atoms with Crippen LogP contribution in [-0.4, -0.2) is 64.5 Å². The molecule has 0 radical (unpaired) electrons. The van der Waals surface area contributed by atoms with Gasteiger partial charge in [0.05, 0.1) is 5.52 Å². The zero-order valence-corrected chi connectivity index (χ0v) is 20.1. The maximum Gasteiger partial charge on any atom is 0.407 e. The van der Waals surface area contributed by atoms with E-state index in [1.54, 1.807) is 22.8 Å². The van der Waals surface area contributed by atoms with Crippen molar-refractivity contribution in [1.29, 1.82) is 0 Å². The summed E-state index contributed by atoms with van der Waals surface area (Å²) in [5.41, 5.74) is 1.72. The second-order valence-electron chi connectivity index (χ2n) is 8.99. The molecule has 0 aliphatic carbocycles. The van der Waals surface area contributed by atoms with Gasteiger partial charge in [-0.2, -0.15) is 0 Å². The molecule has 1 aromatic heterocycles. The second kappa shape index (κ2) is 10.2. The number of pyridine rings is 1. The minimum Gasteiger partial charge on any atom is -0.486 e. The number of nitrogens with zero attached hydrogens (tertiary/aromatic N) is 3. The number of aromatic nitrogens is 1. The largest absolute Gasteiger partial charge is 0.486 e. The summed E-state index contributed by atoms with van der Waals surface area (Å²) in [7, 11) is 0. The van der Waals surface area contributed by atoms with E-state index in [1.165, 1.54) is 4.90 Å². The Kier molecular flexibility index (Phi) is 6.83. The molecule has 2 aromatic carbocycles. The van der Waals surface area contributed by atoms with E-state index in [4.69, 9.17) is 21.1 Å². The second-order valence-corrected chi connectivity index (χ2v) is 9.42. The molecule has 0 bridgehead atoms. The van der Waals surface area contributed by atoms with Crippen molar-refractivity contribution in [2.24, 2.45) is 0 Å². The number of rotatable bonds is 6. The van der Waals surface area contributed by atoms with E-state index in [9.17, 15) is 14.7 Å². The molecule has 1 fully saturated rings. The van der Waals surface area contributed by atoms with Crippen LogP contribution in [0.25, 0.3) is 10.9 Å². The number of carboxylic acid groups (broad SMARTS) is 1. The third kappa shape index (κ3) is 5.23. The first-order chi connectivity index (χ1) is 17.0. The first-order valence-corrected chi connectivity index (χ1v) is 12.3. The molecule has 0 spiro atoms. The van der Waals surface area contributed by atoms with E-state index in [0.29, 0.717) is 42.8 Å². The number of benzene rings is 2. The molecular weight excluding hydrogens is 470 g/mol. The zero-order valence-electron chi connectivity index (χ0n) is 19.4. The third-order valence-corrected chi connectivity index (χ3v) is 7.03. The quantitative estimate of drug-likeness (QED) is 0.552. The van der Waals surface area contributed by atoms with Crippen LogP contribution in [0.1, 0.15) is 18.4 Å². The maximum atomic E-state index is 12.5. The molecule has 184 valence electrons. The van der Waals surface area contributed by atoms with Gasteiger partial charge in [0.15, 0.2) is 11.5 Å². The first-order valence-electron chi connectivity index (χ1n) is 11.9. The number of piperidine rings is 1. The summed E-state index contributed by atoms with van der Waals surface area (Å²) < 4.78 is 13.0. The van der Waals surface area contributed by atoms with Crippen LogP contribution in [0.3, 0.4) is 0 Å². The number of halogens is 1. The fourth-order valence-electron chi connectivity index (χ4n) is 4.94. The Labute approximate surface area is 208 Å². The van der Waals surface area contributed by atoms with Crippen LogP contribution in [0.4, 0.5) is 4.79 Å². The molecule has 35 heavy (non-hydrogen) atoms. The van der Waals surface area contributed by atoms with Crippen molar-refractivity contribution in [2.75, 3.05) is 32.8 Å². The Morgan fingerprint density at radius 3 is 2.54 bits per heavy atom.